The third-order valence-electron chi connectivity index (χ3n) is 3.01. The van der Waals surface area contributed by atoms with E-state index in [-0.39, 0.29) is 0 Å². The summed E-state index contributed by atoms with van der Waals surface area (Å²) < 4.78 is 1.15. The van der Waals surface area contributed by atoms with Crippen molar-refractivity contribution in [3.8, 4) is 0 Å². The molecule has 0 bridgehead atoms. The molecule has 16 heavy (non-hydrogen) atoms. The molecule has 0 spiro atoms. The molecule has 0 atom stereocenters. The maximum absolute atomic E-state index is 10.3. The molecule has 1 aliphatic rings. The van der Waals surface area contributed by atoms with Gasteiger partial charge in [-0.25, -0.2) is 0 Å². The highest BCUT2D eigenvalue weighted by atomic mass is 79.9. The fourth-order valence-corrected chi connectivity index (χ4v) is 2.82. The van der Waals surface area contributed by atoms with Crippen molar-refractivity contribution < 1.29 is 4.79 Å². The lowest BCUT2D eigenvalue weighted by molar-refractivity contribution is -0.107. The first-order valence-corrected chi connectivity index (χ1v) is 6.57. The summed E-state index contributed by atoms with van der Waals surface area (Å²) in [6.07, 6.45) is 5.00. The van der Waals surface area contributed by atoms with Crippen LogP contribution in [-0.2, 0) is 11.2 Å². The number of benzene rings is 1. The fraction of sp³-hybridized carbons (Fsp3) is 0.462. The molecule has 1 aliphatic heterocycles. The van der Waals surface area contributed by atoms with Crippen molar-refractivity contribution in [2.75, 3.05) is 18.0 Å². The average molecular weight is 282 g/mol. The Kier molecular flexibility index (Phi) is 3.99. The monoisotopic (exact) mass is 281 g/mol. The van der Waals surface area contributed by atoms with Crippen LogP contribution in [0.2, 0.25) is 0 Å². The summed E-state index contributed by atoms with van der Waals surface area (Å²) in [4.78, 5) is 12.7. The molecule has 2 nitrogen and oxygen atoms in total. The fourth-order valence-electron chi connectivity index (χ4n) is 2.15. The van der Waals surface area contributed by atoms with E-state index in [1.165, 1.54) is 24.1 Å². The molecule has 86 valence electrons. The Bertz CT molecular complexity index is 372. The largest absolute Gasteiger partial charge is 0.371 e. The number of halogens is 1. The van der Waals surface area contributed by atoms with Crippen LogP contribution >= 0.6 is 15.9 Å². The number of carbonyl (C=O) groups is 1. The van der Waals surface area contributed by atoms with Crippen molar-refractivity contribution in [1.82, 2.24) is 0 Å². The van der Waals surface area contributed by atoms with Crippen LogP contribution in [0.1, 0.15) is 24.8 Å². The van der Waals surface area contributed by atoms with Gasteiger partial charge in [0.1, 0.15) is 6.29 Å². The van der Waals surface area contributed by atoms with Crippen LogP contribution in [0.4, 0.5) is 5.69 Å². The zero-order valence-corrected chi connectivity index (χ0v) is 10.9. The van der Waals surface area contributed by atoms with E-state index in [2.05, 4.69) is 39.0 Å². The standard InChI is InChI=1S/C13H16BrNO/c14-12-10-11(4-3-9-16)5-6-13(12)15-7-1-2-8-15/h5-6,9-10H,1-4,7-8H2. The molecule has 3 heteroatoms. The van der Waals surface area contributed by atoms with E-state index in [0.717, 1.165) is 30.3 Å². The quantitative estimate of drug-likeness (QED) is 0.790. The predicted octanol–water partition coefficient (Wildman–Crippen LogP) is 3.18. The Hall–Kier alpha value is -0.830. The predicted molar refractivity (Wildman–Crippen MR) is 70.0 cm³/mol. The van der Waals surface area contributed by atoms with Crippen LogP contribution in [0.5, 0.6) is 0 Å². The van der Waals surface area contributed by atoms with Crippen molar-refractivity contribution in [2.24, 2.45) is 0 Å². The van der Waals surface area contributed by atoms with Crippen LogP contribution in [0.15, 0.2) is 22.7 Å². The second-order valence-corrected chi connectivity index (χ2v) is 5.04. The molecule has 0 radical (unpaired) electrons. The number of carbonyl (C=O) groups excluding carboxylic acids is 1. The number of hydrogen-bond acceptors (Lipinski definition) is 2. The zero-order chi connectivity index (χ0) is 11.4. The minimum Gasteiger partial charge on any atom is -0.371 e. The molecular weight excluding hydrogens is 266 g/mol. The van der Waals surface area contributed by atoms with E-state index in [1.54, 1.807) is 0 Å². The first kappa shape index (κ1) is 11.6. The lowest BCUT2D eigenvalue weighted by atomic mass is 10.1. The van der Waals surface area contributed by atoms with Gasteiger partial charge in [0.2, 0.25) is 0 Å². The summed E-state index contributed by atoms with van der Waals surface area (Å²) >= 11 is 3.62. The van der Waals surface area contributed by atoms with E-state index in [9.17, 15) is 4.79 Å². The second kappa shape index (κ2) is 5.48. The molecule has 1 saturated heterocycles. The molecular formula is C13H16BrNO. The first-order valence-electron chi connectivity index (χ1n) is 5.78. The van der Waals surface area contributed by atoms with Gasteiger partial charge in [0.15, 0.2) is 0 Å². The number of aryl methyl sites for hydroxylation is 1. The number of aldehydes is 1. The highest BCUT2D eigenvalue weighted by Gasteiger charge is 2.14. The van der Waals surface area contributed by atoms with E-state index in [0.29, 0.717) is 6.42 Å². The molecule has 1 aromatic rings. The van der Waals surface area contributed by atoms with Crippen LogP contribution in [0.3, 0.4) is 0 Å². The Morgan fingerprint density at radius 3 is 2.69 bits per heavy atom. The lowest BCUT2D eigenvalue weighted by Crippen LogP contribution is -2.18. The van der Waals surface area contributed by atoms with Gasteiger partial charge in [-0.3, -0.25) is 0 Å². The van der Waals surface area contributed by atoms with Gasteiger partial charge in [-0.15, -0.1) is 0 Å². The minimum absolute atomic E-state index is 0.607. The van der Waals surface area contributed by atoms with Gasteiger partial charge in [0.05, 0.1) is 5.69 Å². The van der Waals surface area contributed by atoms with Crippen LogP contribution in [-0.4, -0.2) is 19.4 Å². The molecule has 1 fully saturated rings. The maximum Gasteiger partial charge on any atom is 0.120 e. The number of nitrogens with zero attached hydrogens (tertiary/aromatic N) is 1. The SMILES string of the molecule is O=CCCc1ccc(N2CCCC2)c(Br)c1. The highest BCUT2D eigenvalue weighted by Crippen LogP contribution is 2.30. The van der Waals surface area contributed by atoms with E-state index in [4.69, 9.17) is 0 Å². The minimum atomic E-state index is 0.607. The molecule has 0 unspecified atom stereocenters. The van der Waals surface area contributed by atoms with Crippen molar-refractivity contribution in [3.05, 3.63) is 28.2 Å². The lowest BCUT2D eigenvalue weighted by Gasteiger charge is -2.19. The van der Waals surface area contributed by atoms with Gasteiger partial charge in [0, 0.05) is 24.0 Å². The van der Waals surface area contributed by atoms with Gasteiger partial charge in [-0.05, 0) is 52.9 Å². The van der Waals surface area contributed by atoms with Gasteiger partial charge in [0.25, 0.3) is 0 Å². The number of hydrogen-bond donors (Lipinski definition) is 0. The third-order valence-corrected chi connectivity index (χ3v) is 3.64. The Balaban J connectivity index is 2.12. The molecule has 0 aromatic heterocycles. The molecule has 0 N–H and O–H groups in total. The summed E-state index contributed by atoms with van der Waals surface area (Å²) in [7, 11) is 0. The van der Waals surface area contributed by atoms with Crippen molar-refractivity contribution in [3.63, 3.8) is 0 Å². The molecule has 0 aliphatic carbocycles. The Morgan fingerprint density at radius 1 is 1.31 bits per heavy atom. The smallest absolute Gasteiger partial charge is 0.120 e. The zero-order valence-electron chi connectivity index (χ0n) is 9.29. The normalized spacial score (nSPS) is 15.4. The third kappa shape index (κ3) is 2.64. The number of rotatable bonds is 4. The Labute approximate surface area is 105 Å². The maximum atomic E-state index is 10.3. The van der Waals surface area contributed by atoms with Crippen LogP contribution in [0, 0.1) is 0 Å². The second-order valence-electron chi connectivity index (χ2n) is 4.19. The van der Waals surface area contributed by atoms with E-state index < -0.39 is 0 Å². The molecule has 2 rings (SSSR count). The summed E-state index contributed by atoms with van der Waals surface area (Å²) in [6, 6.07) is 6.43. The molecule has 1 heterocycles. The molecule has 0 saturated carbocycles. The van der Waals surface area contributed by atoms with Crippen molar-refractivity contribution in [1.29, 1.82) is 0 Å². The van der Waals surface area contributed by atoms with Crippen molar-refractivity contribution in [2.45, 2.75) is 25.7 Å². The van der Waals surface area contributed by atoms with Crippen molar-refractivity contribution >= 4 is 27.9 Å². The first-order chi connectivity index (χ1) is 7.81. The summed E-state index contributed by atoms with van der Waals surface area (Å²) in [5.74, 6) is 0. The summed E-state index contributed by atoms with van der Waals surface area (Å²) in [5, 5.41) is 0. The Morgan fingerprint density at radius 2 is 2.06 bits per heavy atom. The molecule has 1 aromatic carbocycles. The van der Waals surface area contributed by atoms with Gasteiger partial charge < -0.3 is 9.69 Å². The topological polar surface area (TPSA) is 20.3 Å². The highest BCUT2D eigenvalue weighted by molar-refractivity contribution is 9.10. The molecule has 0 amide bonds. The van der Waals surface area contributed by atoms with Crippen LogP contribution < -0.4 is 4.90 Å². The van der Waals surface area contributed by atoms with Gasteiger partial charge >= 0.3 is 0 Å². The summed E-state index contributed by atoms with van der Waals surface area (Å²) in [5.41, 5.74) is 2.51. The summed E-state index contributed by atoms with van der Waals surface area (Å²) in [6.45, 7) is 2.32. The van der Waals surface area contributed by atoms with Crippen LogP contribution in [0.25, 0.3) is 0 Å². The van der Waals surface area contributed by atoms with Gasteiger partial charge in [-0.2, -0.15) is 0 Å². The van der Waals surface area contributed by atoms with E-state index in [1.807, 2.05) is 0 Å². The van der Waals surface area contributed by atoms with E-state index >= 15 is 0 Å². The average Bonchev–Trinajstić information content (AvgIpc) is 2.80. The number of anilines is 1. The van der Waals surface area contributed by atoms with Gasteiger partial charge in [-0.1, -0.05) is 6.07 Å².